The average molecular weight is 418 g/mol. The van der Waals surface area contributed by atoms with Crippen molar-refractivity contribution >= 4 is 12.4 Å². The molecule has 3 aromatic carbocycles. The second-order valence-corrected chi connectivity index (χ2v) is 8.94. The topological polar surface area (TPSA) is 3.24 Å². The summed E-state index contributed by atoms with van der Waals surface area (Å²) < 4.78 is 0. The van der Waals surface area contributed by atoms with Gasteiger partial charge in [-0.3, -0.25) is 4.90 Å². The van der Waals surface area contributed by atoms with Crippen molar-refractivity contribution in [3.63, 3.8) is 0 Å². The molecule has 0 aromatic heterocycles. The number of aryl methyl sites for hydroxylation is 1. The Balaban J connectivity index is 0.00000218. The molecule has 156 valence electrons. The fourth-order valence-electron chi connectivity index (χ4n) is 5.63. The van der Waals surface area contributed by atoms with Crippen LogP contribution >= 0.6 is 12.4 Å². The van der Waals surface area contributed by atoms with E-state index in [4.69, 9.17) is 0 Å². The van der Waals surface area contributed by atoms with Crippen molar-refractivity contribution in [1.82, 2.24) is 4.90 Å². The predicted octanol–water partition coefficient (Wildman–Crippen LogP) is 6.66. The minimum atomic E-state index is 0. The third-order valence-electron chi connectivity index (χ3n) is 7.17. The summed E-state index contributed by atoms with van der Waals surface area (Å²) in [4.78, 5) is 2.80. The van der Waals surface area contributed by atoms with Crippen LogP contribution in [-0.4, -0.2) is 17.5 Å². The SMILES string of the molecule is Cl.c1ccc(CC2CCC3CCc4ccccc4C3CN2Cc2ccccc2)cc1. The molecule has 3 atom stereocenters. The summed E-state index contributed by atoms with van der Waals surface area (Å²) in [6.45, 7) is 2.25. The molecule has 3 unspecified atom stereocenters. The number of rotatable bonds is 4. The molecule has 0 bridgehead atoms. The van der Waals surface area contributed by atoms with Gasteiger partial charge in [-0.2, -0.15) is 0 Å². The Morgan fingerprint density at radius 3 is 2.13 bits per heavy atom. The van der Waals surface area contributed by atoms with Gasteiger partial charge in [0.15, 0.2) is 0 Å². The molecule has 2 heteroatoms. The Hall–Kier alpha value is -2.09. The fourth-order valence-corrected chi connectivity index (χ4v) is 5.63. The third-order valence-corrected chi connectivity index (χ3v) is 7.17. The lowest BCUT2D eigenvalue weighted by Gasteiger charge is -2.36. The lowest BCUT2D eigenvalue weighted by molar-refractivity contribution is 0.178. The van der Waals surface area contributed by atoms with Crippen LogP contribution < -0.4 is 0 Å². The number of nitrogens with zero attached hydrogens (tertiary/aromatic N) is 1. The maximum atomic E-state index is 2.80. The molecule has 1 aliphatic carbocycles. The number of hydrogen-bond acceptors (Lipinski definition) is 1. The van der Waals surface area contributed by atoms with Crippen LogP contribution in [-0.2, 0) is 19.4 Å². The first-order valence-corrected chi connectivity index (χ1v) is 11.3. The second-order valence-electron chi connectivity index (χ2n) is 8.94. The van der Waals surface area contributed by atoms with Crippen molar-refractivity contribution in [2.75, 3.05) is 6.54 Å². The maximum absolute atomic E-state index is 2.80. The molecule has 0 saturated carbocycles. The van der Waals surface area contributed by atoms with E-state index in [1.54, 1.807) is 11.1 Å². The maximum Gasteiger partial charge on any atom is 0.0237 e. The van der Waals surface area contributed by atoms with Gasteiger partial charge in [0.05, 0.1) is 0 Å². The van der Waals surface area contributed by atoms with E-state index in [2.05, 4.69) is 89.8 Å². The van der Waals surface area contributed by atoms with Gasteiger partial charge in [-0.05, 0) is 66.2 Å². The molecule has 3 aromatic rings. The highest BCUT2D eigenvalue weighted by molar-refractivity contribution is 5.85. The van der Waals surface area contributed by atoms with Gasteiger partial charge >= 0.3 is 0 Å². The van der Waals surface area contributed by atoms with Gasteiger partial charge in [0.25, 0.3) is 0 Å². The van der Waals surface area contributed by atoms with Gasteiger partial charge in [0.2, 0.25) is 0 Å². The van der Waals surface area contributed by atoms with Crippen molar-refractivity contribution in [3.05, 3.63) is 107 Å². The Morgan fingerprint density at radius 1 is 0.700 bits per heavy atom. The molecule has 0 spiro atoms. The molecule has 1 heterocycles. The van der Waals surface area contributed by atoms with E-state index in [0.717, 1.165) is 18.9 Å². The van der Waals surface area contributed by atoms with Gasteiger partial charge < -0.3 is 0 Å². The molecule has 2 aliphatic rings. The second kappa shape index (κ2) is 9.81. The Kier molecular flexibility index (Phi) is 6.92. The minimum absolute atomic E-state index is 0. The number of fused-ring (bicyclic) bond motifs is 3. The first kappa shape index (κ1) is 21.2. The zero-order valence-electron chi connectivity index (χ0n) is 17.6. The molecule has 0 amide bonds. The highest BCUT2D eigenvalue weighted by Gasteiger charge is 2.36. The van der Waals surface area contributed by atoms with Gasteiger partial charge in [0, 0.05) is 19.1 Å². The van der Waals surface area contributed by atoms with Crippen LogP contribution in [0.25, 0.3) is 0 Å². The highest BCUT2D eigenvalue weighted by atomic mass is 35.5. The summed E-state index contributed by atoms with van der Waals surface area (Å²) in [6.07, 6.45) is 6.46. The van der Waals surface area contributed by atoms with Crippen LogP contribution in [0.4, 0.5) is 0 Å². The molecule has 1 nitrogen and oxygen atoms in total. The number of likely N-dealkylation sites (tertiary alicyclic amines) is 1. The van der Waals surface area contributed by atoms with Gasteiger partial charge in [-0.25, -0.2) is 0 Å². The summed E-state index contributed by atoms with van der Waals surface area (Å²) in [6, 6.07) is 32.0. The summed E-state index contributed by atoms with van der Waals surface area (Å²) >= 11 is 0. The lowest BCUT2D eigenvalue weighted by Crippen LogP contribution is -2.38. The van der Waals surface area contributed by atoms with Gasteiger partial charge in [-0.1, -0.05) is 84.9 Å². The van der Waals surface area contributed by atoms with E-state index in [-0.39, 0.29) is 12.4 Å². The summed E-state index contributed by atoms with van der Waals surface area (Å²) in [5.41, 5.74) is 6.13. The van der Waals surface area contributed by atoms with Crippen LogP contribution in [0, 0.1) is 5.92 Å². The zero-order chi connectivity index (χ0) is 19.5. The first-order valence-electron chi connectivity index (χ1n) is 11.3. The summed E-state index contributed by atoms with van der Waals surface area (Å²) in [5.74, 6) is 1.52. The van der Waals surface area contributed by atoms with E-state index in [1.165, 1.54) is 43.4 Å². The lowest BCUT2D eigenvalue weighted by atomic mass is 9.73. The summed E-state index contributed by atoms with van der Waals surface area (Å²) in [5, 5.41) is 0. The quantitative estimate of drug-likeness (QED) is 0.458. The molecule has 0 radical (unpaired) electrons. The number of halogens is 1. The van der Waals surface area contributed by atoms with Crippen LogP contribution in [0.1, 0.15) is 47.4 Å². The minimum Gasteiger partial charge on any atom is -0.295 e. The van der Waals surface area contributed by atoms with E-state index in [0.29, 0.717) is 12.0 Å². The highest BCUT2D eigenvalue weighted by Crippen LogP contribution is 2.42. The number of benzene rings is 3. The molecule has 1 saturated heterocycles. The predicted molar refractivity (Wildman–Crippen MR) is 128 cm³/mol. The average Bonchev–Trinajstić information content (AvgIpc) is 2.95. The molecular formula is C28H32ClN. The standard InChI is InChI=1S/C28H31N.ClH/c1-3-9-22(10-4-1)19-26-18-17-25-16-15-24-13-7-8-14-27(24)28(25)21-29(26)20-23-11-5-2-6-12-23;/h1-14,25-26,28H,15-21H2;1H. The fraction of sp³-hybridized carbons (Fsp3) is 0.357. The Labute approximate surface area is 187 Å². The van der Waals surface area contributed by atoms with E-state index < -0.39 is 0 Å². The molecule has 1 fully saturated rings. The van der Waals surface area contributed by atoms with Gasteiger partial charge in [-0.15, -0.1) is 12.4 Å². The molecule has 1 aliphatic heterocycles. The van der Waals surface area contributed by atoms with Gasteiger partial charge in [0.1, 0.15) is 0 Å². The van der Waals surface area contributed by atoms with Crippen molar-refractivity contribution < 1.29 is 0 Å². The van der Waals surface area contributed by atoms with Crippen LogP contribution in [0.15, 0.2) is 84.9 Å². The Morgan fingerprint density at radius 2 is 1.37 bits per heavy atom. The number of hydrogen-bond donors (Lipinski definition) is 0. The van der Waals surface area contributed by atoms with Crippen molar-refractivity contribution in [2.45, 2.75) is 50.6 Å². The normalized spacial score (nSPS) is 23.5. The first-order chi connectivity index (χ1) is 14.4. The van der Waals surface area contributed by atoms with E-state index in [9.17, 15) is 0 Å². The van der Waals surface area contributed by atoms with Crippen LogP contribution in [0.2, 0.25) is 0 Å². The molecule has 5 rings (SSSR count). The largest absolute Gasteiger partial charge is 0.295 e. The van der Waals surface area contributed by atoms with Crippen molar-refractivity contribution in [2.24, 2.45) is 5.92 Å². The summed E-state index contributed by atoms with van der Waals surface area (Å²) in [7, 11) is 0. The van der Waals surface area contributed by atoms with Crippen molar-refractivity contribution in [3.8, 4) is 0 Å². The molecule has 0 N–H and O–H groups in total. The van der Waals surface area contributed by atoms with Crippen molar-refractivity contribution in [1.29, 1.82) is 0 Å². The molecular weight excluding hydrogens is 386 g/mol. The van der Waals surface area contributed by atoms with Crippen LogP contribution in [0.5, 0.6) is 0 Å². The van der Waals surface area contributed by atoms with E-state index in [1.807, 2.05) is 0 Å². The third kappa shape index (κ3) is 4.63. The molecule has 30 heavy (non-hydrogen) atoms. The Bertz CT molecular complexity index is 924. The van der Waals surface area contributed by atoms with E-state index >= 15 is 0 Å². The smallest absolute Gasteiger partial charge is 0.0237 e. The monoisotopic (exact) mass is 417 g/mol. The van der Waals surface area contributed by atoms with Crippen LogP contribution in [0.3, 0.4) is 0 Å². The zero-order valence-corrected chi connectivity index (χ0v) is 18.4.